The lowest BCUT2D eigenvalue weighted by atomic mass is 10.1. The highest BCUT2D eigenvalue weighted by Crippen LogP contribution is 2.64. The van der Waals surface area contributed by atoms with E-state index in [1.54, 1.807) is 0 Å². The predicted molar refractivity (Wildman–Crippen MR) is 68.5 cm³/mol. The van der Waals surface area contributed by atoms with Gasteiger partial charge in [0.05, 0.1) is 5.92 Å². The van der Waals surface area contributed by atoms with Gasteiger partial charge in [0, 0.05) is 5.92 Å². The summed E-state index contributed by atoms with van der Waals surface area (Å²) in [6.45, 7) is 6.32. The number of hydrogen-bond acceptors (Lipinski definition) is 3. The van der Waals surface area contributed by atoms with Gasteiger partial charge in [0.25, 0.3) is 0 Å². The summed E-state index contributed by atoms with van der Waals surface area (Å²) in [5.41, 5.74) is 0.0164. The van der Waals surface area contributed by atoms with Gasteiger partial charge in [-0.25, -0.2) is 0 Å². The van der Waals surface area contributed by atoms with Crippen molar-refractivity contribution in [3.05, 3.63) is 0 Å². The van der Waals surface area contributed by atoms with Gasteiger partial charge in [0.15, 0.2) is 0 Å². The SMILES string of the molecule is C#C[C@@H](CCCCC)O[C@@H]1OC(=O)[C@@H]2[C@H]1C2(C)C. The van der Waals surface area contributed by atoms with Crippen molar-refractivity contribution in [2.24, 2.45) is 17.3 Å². The number of terminal acetylenes is 1. The summed E-state index contributed by atoms with van der Waals surface area (Å²) in [5, 5.41) is 0. The number of ether oxygens (including phenoxy) is 2. The number of rotatable bonds is 6. The molecular weight excluding hydrogens is 228 g/mol. The number of fused-ring (bicyclic) bond motifs is 1. The Labute approximate surface area is 109 Å². The molecule has 3 nitrogen and oxygen atoms in total. The van der Waals surface area contributed by atoms with Crippen LogP contribution in [0.2, 0.25) is 0 Å². The molecule has 0 aromatic carbocycles. The van der Waals surface area contributed by atoms with Gasteiger partial charge in [-0.3, -0.25) is 4.79 Å². The summed E-state index contributed by atoms with van der Waals surface area (Å²) in [4.78, 5) is 11.6. The van der Waals surface area contributed by atoms with Crippen LogP contribution in [0.5, 0.6) is 0 Å². The van der Waals surface area contributed by atoms with Crippen molar-refractivity contribution >= 4 is 5.97 Å². The van der Waals surface area contributed by atoms with Gasteiger partial charge < -0.3 is 9.47 Å². The van der Waals surface area contributed by atoms with Crippen LogP contribution in [0.3, 0.4) is 0 Å². The molecule has 1 saturated carbocycles. The second-order valence-corrected chi connectivity index (χ2v) is 5.92. The lowest BCUT2D eigenvalue weighted by Crippen LogP contribution is -2.27. The van der Waals surface area contributed by atoms with Gasteiger partial charge in [0.1, 0.15) is 6.10 Å². The van der Waals surface area contributed by atoms with Gasteiger partial charge in [0.2, 0.25) is 6.29 Å². The topological polar surface area (TPSA) is 35.5 Å². The summed E-state index contributed by atoms with van der Waals surface area (Å²) in [6.07, 6.45) is 9.04. The zero-order valence-electron chi connectivity index (χ0n) is 11.4. The molecule has 2 aliphatic rings. The number of carbonyl (C=O) groups excluding carboxylic acids is 1. The van der Waals surface area contributed by atoms with Gasteiger partial charge in [-0.05, 0) is 18.3 Å². The number of hydrogen-bond donors (Lipinski definition) is 0. The Balaban J connectivity index is 1.86. The molecule has 0 unspecified atom stereocenters. The number of unbranched alkanes of at least 4 members (excludes halogenated alkanes) is 2. The van der Waals surface area contributed by atoms with Gasteiger partial charge in [-0.2, -0.15) is 0 Å². The number of esters is 1. The molecule has 1 heterocycles. The average Bonchev–Trinajstić information content (AvgIpc) is 2.72. The second-order valence-electron chi connectivity index (χ2n) is 5.92. The first-order chi connectivity index (χ1) is 8.52. The van der Waals surface area contributed by atoms with Crippen LogP contribution in [-0.2, 0) is 14.3 Å². The van der Waals surface area contributed by atoms with Gasteiger partial charge >= 0.3 is 5.97 Å². The molecule has 1 aliphatic carbocycles. The lowest BCUT2D eigenvalue weighted by Gasteiger charge is -2.21. The van der Waals surface area contributed by atoms with E-state index in [1.807, 2.05) is 0 Å². The highest BCUT2D eigenvalue weighted by molar-refractivity contribution is 5.80. The van der Waals surface area contributed by atoms with Crippen molar-refractivity contribution in [2.45, 2.75) is 58.8 Å². The minimum Gasteiger partial charge on any atom is -0.435 e. The first-order valence-corrected chi connectivity index (χ1v) is 6.84. The van der Waals surface area contributed by atoms with Crippen molar-refractivity contribution in [2.75, 3.05) is 0 Å². The largest absolute Gasteiger partial charge is 0.435 e. The zero-order valence-corrected chi connectivity index (χ0v) is 11.4. The minimum atomic E-state index is -0.430. The Hall–Kier alpha value is -1.01. The fourth-order valence-corrected chi connectivity index (χ4v) is 2.94. The molecule has 0 aromatic rings. The van der Waals surface area contributed by atoms with Crippen LogP contribution < -0.4 is 0 Å². The standard InChI is InChI=1S/C15H22O3/c1-5-7-8-9-10(6-2)17-14-12-11(13(16)18-14)15(12,3)4/h2,10-12,14H,5,7-9H2,1,3-4H3/t10-,11-,12+,14+/m0/s1. The molecule has 1 aliphatic heterocycles. The molecule has 0 bridgehead atoms. The van der Waals surface area contributed by atoms with Crippen LogP contribution >= 0.6 is 0 Å². The Kier molecular flexibility index (Phi) is 3.68. The van der Waals surface area contributed by atoms with E-state index < -0.39 is 6.29 Å². The minimum absolute atomic E-state index is 0.0107. The normalized spacial score (nSPS) is 33.4. The summed E-state index contributed by atoms with van der Waals surface area (Å²) in [7, 11) is 0. The van der Waals surface area contributed by atoms with Crippen molar-refractivity contribution in [1.29, 1.82) is 0 Å². The molecule has 2 fully saturated rings. The molecule has 0 spiro atoms. The molecular formula is C15H22O3. The quantitative estimate of drug-likeness (QED) is 0.413. The van der Waals surface area contributed by atoms with E-state index in [1.165, 1.54) is 0 Å². The summed E-state index contributed by atoms with van der Waals surface area (Å²) in [6, 6.07) is 0. The van der Waals surface area contributed by atoms with Crippen LogP contribution in [0.15, 0.2) is 0 Å². The Morgan fingerprint density at radius 3 is 2.72 bits per heavy atom. The molecule has 2 rings (SSSR count). The molecule has 4 atom stereocenters. The summed E-state index contributed by atoms with van der Waals surface area (Å²) in [5.74, 6) is 2.73. The van der Waals surface area contributed by atoms with Crippen LogP contribution in [-0.4, -0.2) is 18.4 Å². The van der Waals surface area contributed by atoms with Crippen LogP contribution in [0.4, 0.5) is 0 Å². The predicted octanol–water partition coefficient (Wildman–Crippen LogP) is 2.74. The maximum absolute atomic E-state index is 11.6. The van der Waals surface area contributed by atoms with Crippen molar-refractivity contribution in [3.63, 3.8) is 0 Å². The Morgan fingerprint density at radius 1 is 1.50 bits per heavy atom. The molecule has 0 N–H and O–H groups in total. The third-order valence-electron chi connectivity index (χ3n) is 4.24. The molecule has 0 amide bonds. The fourth-order valence-electron chi connectivity index (χ4n) is 2.94. The molecule has 1 saturated heterocycles. The molecule has 0 aromatic heterocycles. The summed E-state index contributed by atoms with van der Waals surface area (Å²) >= 11 is 0. The van der Waals surface area contributed by atoms with Crippen LogP contribution in [0.25, 0.3) is 0 Å². The highest BCUT2D eigenvalue weighted by Gasteiger charge is 2.72. The van der Waals surface area contributed by atoms with E-state index in [2.05, 4.69) is 26.7 Å². The third-order valence-corrected chi connectivity index (χ3v) is 4.24. The van der Waals surface area contributed by atoms with Gasteiger partial charge in [-0.15, -0.1) is 6.42 Å². The average molecular weight is 250 g/mol. The van der Waals surface area contributed by atoms with E-state index in [0.29, 0.717) is 0 Å². The number of carbonyl (C=O) groups is 1. The molecule has 100 valence electrons. The highest BCUT2D eigenvalue weighted by atomic mass is 16.7. The molecule has 0 radical (unpaired) electrons. The third kappa shape index (κ3) is 2.27. The van der Waals surface area contributed by atoms with E-state index >= 15 is 0 Å². The first-order valence-electron chi connectivity index (χ1n) is 6.84. The van der Waals surface area contributed by atoms with Crippen molar-refractivity contribution in [3.8, 4) is 12.3 Å². The Morgan fingerprint density at radius 2 is 2.22 bits per heavy atom. The zero-order chi connectivity index (χ0) is 13.3. The number of cyclic esters (lactones) is 1. The monoisotopic (exact) mass is 250 g/mol. The lowest BCUT2D eigenvalue weighted by molar-refractivity contribution is -0.181. The van der Waals surface area contributed by atoms with Crippen LogP contribution in [0, 0.1) is 29.6 Å². The van der Waals surface area contributed by atoms with Crippen molar-refractivity contribution < 1.29 is 14.3 Å². The van der Waals surface area contributed by atoms with E-state index in [4.69, 9.17) is 15.9 Å². The van der Waals surface area contributed by atoms with E-state index in [0.717, 1.165) is 25.7 Å². The van der Waals surface area contributed by atoms with E-state index in [9.17, 15) is 4.79 Å². The fraction of sp³-hybridized carbons (Fsp3) is 0.800. The smallest absolute Gasteiger partial charge is 0.312 e. The van der Waals surface area contributed by atoms with Gasteiger partial charge in [-0.1, -0.05) is 39.5 Å². The van der Waals surface area contributed by atoms with Crippen LogP contribution in [0.1, 0.15) is 46.5 Å². The second kappa shape index (κ2) is 4.93. The summed E-state index contributed by atoms with van der Waals surface area (Å²) < 4.78 is 11.0. The maximum atomic E-state index is 11.6. The van der Waals surface area contributed by atoms with E-state index in [-0.39, 0.29) is 29.3 Å². The first kappa shape index (κ1) is 13.4. The Bertz CT molecular complexity index is 366. The molecule has 18 heavy (non-hydrogen) atoms. The van der Waals surface area contributed by atoms with Crippen molar-refractivity contribution in [1.82, 2.24) is 0 Å². The molecule has 3 heteroatoms. The maximum Gasteiger partial charge on any atom is 0.312 e.